The molecule has 70 heavy (non-hydrogen) atoms. The molecule has 0 saturated heterocycles. The number of hydrogen-bond donors (Lipinski definition) is 0. The lowest BCUT2D eigenvalue weighted by molar-refractivity contribution is 0.385. The molecule has 0 bridgehead atoms. The van der Waals surface area contributed by atoms with Gasteiger partial charge in [0.2, 0.25) is 0 Å². The number of para-hydroxylation sites is 4. The van der Waals surface area contributed by atoms with Gasteiger partial charge in [-0.1, -0.05) is 133 Å². The Kier molecular flexibility index (Phi) is 12.1. The highest BCUT2D eigenvalue weighted by Crippen LogP contribution is 2.60. The number of methoxy groups -OCH3 is 2. The smallest absolute Gasteiger partial charge is 0.173 e. The third-order valence-electron chi connectivity index (χ3n) is 13.5. The molecule has 0 amide bonds. The predicted octanol–water partition coefficient (Wildman–Crippen LogP) is 16.2. The first-order valence-electron chi connectivity index (χ1n) is 23.4. The standard InChI is InChI=1S/C62H51N2O3PS2/c1-41-19-12-15-26-50(41)63(46-22-8-6-9-23-46)47-35-31-44(32-36-47)57-39-55-61(69-57)60(59-53(66-4)29-18-30-54(59)67-5)62-56(68(55,65)49-24-10-7-11-25-49)40-58(70-62)45-33-37-48(38-34-45)64(51-27-16-13-20-42(51)2)52-28-17-14-21-43(52)3/h6-40,60H,1-5H3. The zero-order valence-corrected chi connectivity index (χ0v) is 42.2. The van der Waals surface area contributed by atoms with Gasteiger partial charge in [-0.3, -0.25) is 0 Å². The van der Waals surface area contributed by atoms with Crippen LogP contribution in [0.4, 0.5) is 34.1 Å². The Labute approximate surface area is 418 Å². The summed E-state index contributed by atoms with van der Waals surface area (Å²) in [7, 11) is -0.0231. The minimum Gasteiger partial charge on any atom is -0.496 e. The summed E-state index contributed by atoms with van der Waals surface area (Å²) in [6.07, 6.45) is 0. The van der Waals surface area contributed by atoms with Crippen molar-refractivity contribution in [3.05, 3.63) is 244 Å². The van der Waals surface area contributed by atoms with Crippen LogP contribution in [0, 0.1) is 20.8 Å². The Hall–Kier alpha value is -7.41. The molecule has 0 aliphatic carbocycles. The van der Waals surface area contributed by atoms with Crippen molar-refractivity contribution in [1.29, 1.82) is 0 Å². The molecule has 2 unspecified atom stereocenters. The second kappa shape index (κ2) is 18.8. The molecule has 2 atom stereocenters. The molecule has 2 aromatic heterocycles. The van der Waals surface area contributed by atoms with Crippen LogP contribution in [0.2, 0.25) is 0 Å². The molecule has 8 heteroatoms. The van der Waals surface area contributed by atoms with Gasteiger partial charge in [-0.05, 0) is 127 Å². The van der Waals surface area contributed by atoms with Crippen LogP contribution in [0.5, 0.6) is 11.5 Å². The summed E-state index contributed by atoms with van der Waals surface area (Å²) in [5.41, 5.74) is 13.2. The lowest BCUT2D eigenvalue weighted by Gasteiger charge is -2.31. The third-order valence-corrected chi connectivity index (χ3v) is 19.4. The van der Waals surface area contributed by atoms with Gasteiger partial charge in [0.05, 0.1) is 20.1 Å². The molecule has 5 nitrogen and oxygen atoms in total. The highest BCUT2D eigenvalue weighted by Gasteiger charge is 2.47. The number of nitrogens with zero attached hydrogens (tertiary/aromatic N) is 2. The summed E-state index contributed by atoms with van der Waals surface area (Å²) >= 11 is 3.43. The maximum atomic E-state index is 16.8. The molecular formula is C62H51N2O3PS2. The molecule has 3 heterocycles. The first kappa shape index (κ1) is 45.1. The first-order valence-corrected chi connectivity index (χ1v) is 26.8. The van der Waals surface area contributed by atoms with Gasteiger partial charge in [-0.2, -0.15) is 0 Å². The fourth-order valence-electron chi connectivity index (χ4n) is 9.98. The molecule has 10 aromatic rings. The SMILES string of the molecule is COc1cccc(OC)c1C1c2sc(-c3ccc(N(c4ccccc4)c4ccccc4C)cc3)cc2P(=O)(c2ccccc2)c2cc(-c3ccc(N(c4ccccc4C)c4ccccc4C)cc3)sc21. The van der Waals surface area contributed by atoms with E-state index in [-0.39, 0.29) is 5.92 Å². The molecule has 344 valence electrons. The summed E-state index contributed by atoms with van der Waals surface area (Å²) in [6, 6.07) is 74.1. The van der Waals surface area contributed by atoms with Crippen molar-refractivity contribution >= 4 is 79.9 Å². The number of anilines is 6. The average Bonchev–Trinajstić information content (AvgIpc) is 4.07. The van der Waals surface area contributed by atoms with E-state index in [0.29, 0.717) is 0 Å². The van der Waals surface area contributed by atoms with Crippen LogP contribution in [0.25, 0.3) is 20.9 Å². The highest BCUT2D eigenvalue weighted by molar-refractivity contribution is 7.86. The summed E-state index contributed by atoms with van der Waals surface area (Å²) in [5.74, 6) is 1.13. The summed E-state index contributed by atoms with van der Waals surface area (Å²) in [6.45, 7) is 6.47. The number of thiophene rings is 2. The van der Waals surface area contributed by atoms with E-state index in [4.69, 9.17) is 9.47 Å². The van der Waals surface area contributed by atoms with Crippen molar-refractivity contribution in [1.82, 2.24) is 0 Å². The molecule has 0 spiro atoms. The van der Waals surface area contributed by atoms with Crippen molar-refractivity contribution in [2.75, 3.05) is 24.0 Å². The van der Waals surface area contributed by atoms with E-state index < -0.39 is 7.14 Å². The third kappa shape index (κ3) is 7.85. The lowest BCUT2D eigenvalue weighted by atomic mass is 9.93. The van der Waals surface area contributed by atoms with Gasteiger partial charge in [-0.25, -0.2) is 0 Å². The number of aryl methyl sites for hydroxylation is 3. The van der Waals surface area contributed by atoms with E-state index in [9.17, 15) is 0 Å². The maximum Gasteiger partial charge on any atom is 0.173 e. The quantitative estimate of drug-likeness (QED) is 0.114. The van der Waals surface area contributed by atoms with E-state index in [1.807, 2.05) is 54.6 Å². The molecule has 0 radical (unpaired) electrons. The Balaban J connectivity index is 1.07. The van der Waals surface area contributed by atoms with Gasteiger partial charge < -0.3 is 23.8 Å². The lowest BCUT2D eigenvalue weighted by Crippen LogP contribution is -2.33. The monoisotopic (exact) mass is 966 g/mol. The van der Waals surface area contributed by atoms with E-state index in [2.05, 4.69) is 188 Å². The first-order chi connectivity index (χ1) is 34.3. The van der Waals surface area contributed by atoms with Crippen molar-refractivity contribution in [3.8, 4) is 32.4 Å². The minimum atomic E-state index is -3.45. The average molecular weight is 967 g/mol. The predicted molar refractivity (Wildman–Crippen MR) is 297 cm³/mol. The molecule has 0 fully saturated rings. The molecule has 1 aliphatic rings. The van der Waals surface area contributed by atoms with Crippen LogP contribution in [0.3, 0.4) is 0 Å². The van der Waals surface area contributed by atoms with Crippen LogP contribution in [0.1, 0.15) is 37.9 Å². The molecule has 8 aromatic carbocycles. The maximum absolute atomic E-state index is 16.8. The molecule has 1 aliphatic heterocycles. The Morgan fingerprint density at radius 3 is 1.26 bits per heavy atom. The zero-order valence-electron chi connectivity index (χ0n) is 39.7. The number of fused-ring (bicyclic) bond motifs is 2. The summed E-state index contributed by atoms with van der Waals surface area (Å²) in [4.78, 5) is 8.80. The van der Waals surface area contributed by atoms with E-state index >= 15 is 4.57 Å². The van der Waals surface area contributed by atoms with Gasteiger partial charge in [0.15, 0.2) is 7.14 Å². The fraction of sp³-hybridized carbons (Fsp3) is 0.0968. The molecule has 0 N–H and O–H groups in total. The van der Waals surface area contributed by atoms with Gasteiger partial charge in [0.25, 0.3) is 0 Å². The Morgan fingerprint density at radius 1 is 0.429 bits per heavy atom. The van der Waals surface area contributed by atoms with Gasteiger partial charge in [0, 0.05) is 75.1 Å². The van der Waals surface area contributed by atoms with Crippen molar-refractivity contribution in [3.63, 3.8) is 0 Å². The number of benzene rings is 8. The summed E-state index contributed by atoms with van der Waals surface area (Å²) in [5, 5.41) is 2.52. The van der Waals surface area contributed by atoms with E-state index in [1.165, 1.54) is 16.7 Å². The number of ether oxygens (including phenoxy) is 2. The van der Waals surface area contributed by atoms with Crippen LogP contribution in [-0.2, 0) is 4.57 Å². The van der Waals surface area contributed by atoms with Crippen molar-refractivity contribution < 1.29 is 14.0 Å². The Morgan fingerprint density at radius 2 is 0.814 bits per heavy atom. The highest BCUT2D eigenvalue weighted by atomic mass is 32.1. The van der Waals surface area contributed by atoms with Crippen LogP contribution in [0.15, 0.2) is 212 Å². The second-order valence-corrected chi connectivity index (χ2v) is 22.5. The van der Waals surface area contributed by atoms with Crippen molar-refractivity contribution in [2.45, 2.75) is 26.7 Å². The van der Waals surface area contributed by atoms with E-state index in [0.717, 1.165) is 97.7 Å². The summed E-state index contributed by atoms with van der Waals surface area (Å²) < 4.78 is 29.2. The topological polar surface area (TPSA) is 42.0 Å². The fourth-order valence-corrected chi connectivity index (χ4v) is 16.5. The van der Waals surface area contributed by atoms with Gasteiger partial charge >= 0.3 is 0 Å². The molecule has 11 rings (SSSR count). The zero-order chi connectivity index (χ0) is 47.9. The van der Waals surface area contributed by atoms with Crippen LogP contribution < -0.4 is 35.2 Å². The van der Waals surface area contributed by atoms with Crippen molar-refractivity contribution in [2.24, 2.45) is 0 Å². The number of hydrogen-bond acceptors (Lipinski definition) is 7. The van der Waals surface area contributed by atoms with Gasteiger partial charge in [-0.15, -0.1) is 22.7 Å². The molecule has 0 saturated carbocycles. The van der Waals surface area contributed by atoms with Gasteiger partial charge in [0.1, 0.15) is 11.5 Å². The largest absolute Gasteiger partial charge is 0.496 e. The van der Waals surface area contributed by atoms with Crippen LogP contribution in [-0.4, -0.2) is 14.2 Å². The van der Waals surface area contributed by atoms with E-state index in [1.54, 1.807) is 36.9 Å². The second-order valence-electron chi connectivity index (χ2n) is 17.6. The normalized spacial score (nSPS) is 14.9. The number of rotatable bonds is 12. The Bertz CT molecular complexity index is 3480. The minimum absolute atomic E-state index is 0.315. The van der Waals surface area contributed by atoms with Crippen LogP contribution >= 0.6 is 29.8 Å². The molecular weight excluding hydrogens is 916 g/mol.